The smallest absolute Gasteiger partial charge is 0.129 e. The zero-order valence-corrected chi connectivity index (χ0v) is 13.4. The molecule has 2 nitrogen and oxygen atoms in total. The lowest BCUT2D eigenvalue weighted by Crippen LogP contribution is -2.30. The maximum Gasteiger partial charge on any atom is 0.129 e. The average molecular weight is 378 g/mol. The molecule has 2 rings (SSSR count). The van der Waals surface area contributed by atoms with Gasteiger partial charge in [0.2, 0.25) is 0 Å². The lowest BCUT2D eigenvalue weighted by molar-refractivity contribution is 0.508. The van der Waals surface area contributed by atoms with Gasteiger partial charge in [-0.2, -0.15) is 0 Å². The average Bonchev–Trinajstić information content (AvgIpc) is 2.42. The minimum Gasteiger partial charge on any atom is -0.271 e. The Labute approximate surface area is 135 Å². The van der Waals surface area contributed by atoms with Crippen molar-refractivity contribution in [1.82, 2.24) is 5.43 Å². The molecule has 1 atom stereocenters. The second-order valence-electron chi connectivity index (χ2n) is 4.27. The van der Waals surface area contributed by atoms with Gasteiger partial charge in [0.05, 0.1) is 16.1 Å². The number of nitrogens with one attached hydrogen (secondary N) is 1. The van der Waals surface area contributed by atoms with Crippen molar-refractivity contribution < 1.29 is 4.39 Å². The topological polar surface area (TPSA) is 38.0 Å². The van der Waals surface area contributed by atoms with E-state index in [4.69, 9.17) is 29.0 Å². The van der Waals surface area contributed by atoms with Gasteiger partial charge in [0.15, 0.2) is 0 Å². The third kappa shape index (κ3) is 3.32. The Bertz CT molecular complexity index is 602. The molecule has 6 heteroatoms. The van der Waals surface area contributed by atoms with E-state index in [1.54, 1.807) is 24.3 Å². The molecular weight excluding hydrogens is 366 g/mol. The Hall–Kier alpha value is -0.650. The van der Waals surface area contributed by atoms with Gasteiger partial charge < -0.3 is 0 Å². The van der Waals surface area contributed by atoms with Gasteiger partial charge in [-0.1, -0.05) is 57.3 Å². The predicted molar refractivity (Wildman–Crippen MR) is 84.3 cm³/mol. The zero-order chi connectivity index (χ0) is 14.7. The SMILES string of the molecule is NNC(Cc1cccc(Cl)c1Cl)c1c(F)cccc1Br. The lowest BCUT2D eigenvalue weighted by atomic mass is 9.99. The molecule has 20 heavy (non-hydrogen) atoms. The Morgan fingerprint density at radius 2 is 1.90 bits per heavy atom. The molecule has 0 bridgehead atoms. The highest BCUT2D eigenvalue weighted by molar-refractivity contribution is 9.10. The van der Waals surface area contributed by atoms with Crippen LogP contribution >= 0.6 is 39.1 Å². The summed E-state index contributed by atoms with van der Waals surface area (Å²) in [6.45, 7) is 0. The summed E-state index contributed by atoms with van der Waals surface area (Å²) < 4.78 is 14.6. The maximum atomic E-state index is 14.0. The summed E-state index contributed by atoms with van der Waals surface area (Å²) in [6, 6.07) is 9.72. The van der Waals surface area contributed by atoms with E-state index >= 15 is 0 Å². The molecule has 106 valence electrons. The molecule has 0 aliphatic heterocycles. The lowest BCUT2D eigenvalue weighted by Gasteiger charge is -2.19. The van der Waals surface area contributed by atoms with Gasteiger partial charge in [-0.15, -0.1) is 0 Å². The number of hydrogen-bond donors (Lipinski definition) is 2. The van der Waals surface area contributed by atoms with Crippen LogP contribution in [-0.4, -0.2) is 0 Å². The first-order valence-electron chi connectivity index (χ1n) is 5.87. The van der Waals surface area contributed by atoms with E-state index in [0.29, 0.717) is 26.5 Å². The largest absolute Gasteiger partial charge is 0.271 e. The first-order valence-corrected chi connectivity index (χ1v) is 7.42. The molecule has 0 amide bonds. The third-order valence-corrected chi connectivity index (χ3v) is 4.55. The molecule has 0 radical (unpaired) electrons. The van der Waals surface area contributed by atoms with Crippen molar-refractivity contribution in [2.24, 2.45) is 5.84 Å². The summed E-state index contributed by atoms with van der Waals surface area (Å²) in [5, 5.41) is 0.925. The second kappa shape index (κ2) is 6.87. The van der Waals surface area contributed by atoms with E-state index in [9.17, 15) is 4.39 Å². The summed E-state index contributed by atoms with van der Waals surface area (Å²) >= 11 is 15.5. The molecule has 0 aliphatic rings. The molecule has 0 spiro atoms. The Morgan fingerprint density at radius 1 is 1.20 bits per heavy atom. The van der Waals surface area contributed by atoms with Crippen LogP contribution in [-0.2, 0) is 6.42 Å². The maximum absolute atomic E-state index is 14.0. The zero-order valence-electron chi connectivity index (χ0n) is 10.3. The highest BCUT2D eigenvalue weighted by atomic mass is 79.9. The van der Waals surface area contributed by atoms with Gasteiger partial charge in [-0.25, -0.2) is 4.39 Å². The normalized spacial score (nSPS) is 12.4. The van der Waals surface area contributed by atoms with Crippen LogP contribution < -0.4 is 11.3 Å². The molecule has 0 heterocycles. The molecule has 3 N–H and O–H groups in total. The Kier molecular flexibility index (Phi) is 5.41. The molecular formula is C14H12BrCl2FN2. The van der Waals surface area contributed by atoms with E-state index in [-0.39, 0.29) is 5.82 Å². The second-order valence-corrected chi connectivity index (χ2v) is 5.91. The first-order chi connectivity index (χ1) is 9.54. The standard InChI is InChI=1S/C14H12BrCl2FN2/c15-9-4-2-6-11(18)13(9)12(20-19)7-8-3-1-5-10(16)14(8)17/h1-6,12,20H,7,19H2. The molecule has 1 unspecified atom stereocenters. The van der Waals surface area contributed by atoms with E-state index < -0.39 is 6.04 Å². The fraction of sp³-hybridized carbons (Fsp3) is 0.143. The van der Waals surface area contributed by atoms with E-state index in [2.05, 4.69) is 21.4 Å². The number of nitrogens with two attached hydrogens (primary N) is 1. The molecule has 0 fully saturated rings. The van der Waals surface area contributed by atoms with Gasteiger partial charge in [-0.05, 0) is 30.2 Å². The monoisotopic (exact) mass is 376 g/mol. The van der Waals surface area contributed by atoms with Crippen LogP contribution in [0.15, 0.2) is 40.9 Å². The van der Waals surface area contributed by atoms with Gasteiger partial charge in [0.1, 0.15) is 5.82 Å². The Morgan fingerprint density at radius 3 is 2.55 bits per heavy atom. The number of rotatable bonds is 4. The fourth-order valence-electron chi connectivity index (χ4n) is 2.01. The molecule has 0 aliphatic carbocycles. The van der Waals surface area contributed by atoms with Crippen LogP contribution in [0.4, 0.5) is 4.39 Å². The summed E-state index contributed by atoms with van der Waals surface area (Å²) in [5.41, 5.74) is 3.89. The number of halogens is 4. The van der Waals surface area contributed by atoms with Crippen LogP contribution in [0.5, 0.6) is 0 Å². The van der Waals surface area contributed by atoms with E-state index in [1.165, 1.54) is 6.07 Å². The van der Waals surface area contributed by atoms with Crippen molar-refractivity contribution in [3.63, 3.8) is 0 Å². The van der Waals surface area contributed by atoms with Crippen LogP contribution in [0, 0.1) is 5.82 Å². The number of hydrogen-bond acceptors (Lipinski definition) is 2. The summed E-state index contributed by atoms with van der Waals surface area (Å²) in [7, 11) is 0. The molecule has 0 saturated carbocycles. The van der Waals surface area contributed by atoms with Crippen LogP contribution in [0.2, 0.25) is 10.0 Å². The molecule has 2 aromatic carbocycles. The minimum atomic E-state index is -0.415. The Balaban J connectivity index is 2.37. The van der Waals surface area contributed by atoms with Gasteiger partial charge in [0, 0.05) is 10.0 Å². The third-order valence-electron chi connectivity index (χ3n) is 3.00. The van der Waals surface area contributed by atoms with Gasteiger partial charge >= 0.3 is 0 Å². The molecule has 0 aromatic heterocycles. The van der Waals surface area contributed by atoms with Crippen LogP contribution in [0.3, 0.4) is 0 Å². The van der Waals surface area contributed by atoms with Crippen molar-refractivity contribution in [2.45, 2.75) is 12.5 Å². The predicted octanol–water partition coefficient (Wildman–Crippen LogP) is 4.64. The molecule has 2 aromatic rings. The highest BCUT2D eigenvalue weighted by Gasteiger charge is 2.19. The van der Waals surface area contributed by atoms with Crippen molar-refractivity contribution in [3.05, 3.63) is 67.9 Å². The van der Waals surface area contributed by atoms with Crippen LogP contribution in [0.1, 0.15) is 17.2 Å². The first kappa shape index (κ1) is 15.7. The number of benzene rings is 2. The van der Waals surface area contributed by atoms with Crippen molar-refractivity contribution in [2.75, 3.05) is 0 Å². The minimum absolute atomic E-state index is 0.333. The highest BCUT2D eigenvalue weighted by Crippen LogP contribution is 2.32. The fourth-order valence-corrected chi connectivity index (χ4v) is 3.03. The van der Waals surface area contributed by atoms with E-state index in [0.717, 1.165) is 5.56 Å². The van der Waals surface area contributed by atoms with Crippen molar-refractivity contribution >= 4 is 39.1 Å². The summed E-state index contributed by atoms with van der Waals surface area (Å²) in [5.74, 6) is 5.23. The van der Waals surface area contributed by atoms with Crippen molar-refractivity contribution in [1.29, 1.82) is 0 Å². The summed E-state index contributed by atoms with van der Waals surface area (Å²) in [4.78, 5) is 0. The van der Waals surface area contributed by atoms with Gasteiger partial charge in [-0.3, -0.25) is 11.3 Å². The van der Waals surface area contributed by atoms with Gasteiger partial charge in [0.25, 0.3) is 0 Å². The van der Waals surface area contributed by atoms with E-state index in [1.807, 2.05) is 6.07 Å². The summed E-state index contributed by atoms with van der Waals surface area (Å²) in [6.07, 6.45) is 0.426. The van der Waals surface area contributed by atoms with Crippen LogP contribution in [0.25, 0.3) is 0 Å². The number of hydrazine groups is 1. The molecule has 0 saturated heterocycles. The quantitative estimate of drug-likeness (QED) is 0.601. The van der Waals surface area contributed by atoms with Crippen molar-refractivity contribution in [3.8, 4) is 0 Å².